The predicted molar refractivity (Wildman–Crippen MR) is 63.4 cm³/mol. The Balaban J connectivity index is 0.000000195. The van der Waals surface area contributed by atoms with Gasteiger partial charge in [0.25, 0.3) is 0 Å². The number of carbonyl (C=O) groups is 1. The first kappa shape index (κ1) is 12.3. The maximum Gasteiger partial charge on any atom is 0.227 e. The number of hydrogen-bond acceptors (Lipinski definition) is 1. The van der Waals surface area contributed by atoms with Crippen LogP contribution in [0.1, 0.15) is 53.4 Å². The van der Waals surface area contributed by atoms with Gasteiger partial charge in [0.2, 0.25) is 5.91 Å². The summed E-state index contributed by atoms with van der Waals surface area (Å²) in [4.78, 5) is 13.1. The minimum Gasteiger partial charge on any atom is -0.317 e. The number of amides is 1. The van der Waals surface area contributed by atoms with E-state index in [4.69, 9.17) is 0 Å². The van der Waals surface area contributed by atoms with E-state index < -0.39 is 0 Å². The summed E-state index contributed by atoms with van der Waals surface area (Å²) in [5.74, 6) is 0.329. The number of rotatable bonds is 0. The molecule has 0 saturated carbocycles. The highest BCUT2D eigenvalue weighted by Crippen LogP contribution is 2.26. The summed E-state index contributed by atoms with van der Waals surface area (Å²) in [6.07, 6.45) is 6.17. The SMILES string of the molecule is CC(C)(C)C.O=C1CCC=C2CCCN12. The molecule has 0 radical (unpaired) electrons. The van der Waals surface area contributed by atoms with E-state index >= 15 is 0 Å². The number of fused-ring (bicyclic) bond motifs is 1. The van der Waals surface area contributed by atoms with Crippen molar-refractivity contribution in [3.8, 4) is 0 Å². The lowest BCUT2D eigenvalue weighted by atomic mass is 10.0. The fourth-order valence-corrected chi connectivity index (χ4v) is 1.69. The van der Waals surface area contributed by atoms with Gasteiger partial charge in [0, 0.05) is 18.7 Å². The third kappa shape index (κ3) is 4.50. The lowest BCUT2D eigenvalue weighted by Gasteiger charge is -2.21. The van der Waals surface area contributed by atoms with Crippen LogP contribution in [0.2, 0.25) is 0 Å². The van der Waals surface area contributed by atoms with Gasteiger partial charge in [-0.25, -0.2) is 0 Å². The Morgan fingerprint density at radius 3 is 2.33 bits per heavy atom. The molecule has 2 heterocycles. The van der Waals surface area contributed by atoms with Crippen LogP contribution >= 0.6 is 0 Å². The standard InChI is InChI=1S/C8H11NO.C5H12/c10-8-5-1-3-7-4-2-6-9(7)8;1-5(2,3)4/h3H,1-2,4-6H2;1-4H3. The lowest BCUT2D eigenvalue weighted by molar-refractivity contribution is -0.129. The highest BCUT2D eigenvalue weighted by Gasteiger charge is 2.24. The van der Waals surface area contributed by atoms with Crippen molar-refractivity contribution >= 4 is 5.91 Å². The lowest BCUT2D eigenvalue weighted by Crippen LogP contribution is -2.28. The highest BCUT2D eigenvalue weighted by atomic mass is 16.2. The monoisotopic (exact) mass is 209 g/mol. The molecule has 0 spiro atoms. The first-order valence-corrected chi connectivity index (χ1v) is 5.87. The van der Waals surface area contributed by atoms with E-state index in [2.05, 4.69) is 33.8 Å². The Bertz CT molecular complexity index is 254. The van der Waals surface area contributed by atoms with E-state index in [9.17, 15) is 4.79 Å². The second-order valence-corrected chi connectivity index (χ2v) is 5.88. The van der Waals surface area contributed by atoms with E-state index in [0.717, 1.165) is 32.2 Å². The van der Waals surface area contributed by atoms with Crippen LogP contribution in [0.5, 0.6) is 0 Å². The molecule has 2 rings (SSSR count). The molecule has 1 saturated heterocycles. The molecule has 0 aromatic rings. The van der Waals surface area contributed by atoms with Gasteiger partial charge in [0.05, 0.1) is 0 Å². The van der Waals surface area contributed by atoms with Crippen LogP contribution in [-0.2, 0) is 4.79 Å². The minimum absolute atomic E-state index is 0.329. The van der Waals surface area contributed by atoms with Crippen LogP contribution < -0.4 is 0 Å². The molecule has 1 amide bonds. The maximum absolute atomic E-state index is 11.2. The van der Waals surface area contributed by atoms with Crippen molar-refractivity contribution in [3.05, 3.63) is 11.8 Å². The third-order valence-corrected chi connectivity index (χ3v) is 2.20. The van der Waals surface area contributed by atoms with E-state index in [1.165, 1.54) is 5.70 Å². The molecule has 0 N–H and O–H groups in total. The Morgan fingerprint density at radius 1 is 1.20 bits per heavy atom. The molecule has 15 heavy (non-hydrogen) atoms. The van der Waals surface area contributed by atoms with Crippen molar-refractivity contribution in [1.29, 1.82) is 0 Å². The van der Waals surface area contributed by atoms with Crippen LogP contribution in [0.4, 0.5) is 0 Å². The summed E-state index contributed by atoms with van der Waals surface area (Å²) in [7, 11) is 0. The van der Waals surface area contributed by atoms with Crippen LogP contribution in [-0.4, -0.2) is 17.4 Å². The number of carbonyl (C=O) groups excluding carboxylic acids is 1. The smallest absolute Gasteiger partial charge is 0.227 e. The highest BCUT2D eigenvalue weighted by molar-refractivity contribution is 5.79. The van der Waals surface area contributed by atoms with Crippen LogP contribution in [0.15, 0.2) is 11.8 Å². The fourth-order valence-electron chi connectivity index (χ4n) is 1.69. The molecular weight excluding hydrogens is 186 g/mol. The van der Waals surface area contributed by atoms with E-state index in [1.807, 2.05) is 4.90 Å². The molecule has 0 atom stereocenters. The zero-order valence-electron chi connectivity index (χ0n) is 10.5. The maximum atomic E-state index is 11.2. The molecule has 0 bridgehead atoms. The molecule has 0 aromatic heterocycles. The van der Waals surface area contributed by atoms with Gasteiger partial charge in [0.1, 0.15) is 0 Å². The second kappa shape index (κ2) is 4.82. The van der Waals surface area contributed by atoms with Crippen molar-refractivity contribution in [3.63, 3.8) is 0 Å². The predicted octanol–water partition coefficient (Wildman–Crippen LogP) is 3.34. The van der Waals surface area contributed by atoms with E-state index in [0.29, 0.717) is 11.3 Å². The molecule has 0 aliphatic carbocycles. The quantitative estimate of drug-likeness (QED) is 0.599. The Morgan fingerprint density at radius 2 is 1.80 bits per heavy atom. The largest absolute Gasteiger partial charge is 0.317 e. The van der Waals surface area contributed by atoms with Gasteiger partial charge in [0.15, 0.2) is 0 Å². The summed E-state index contributed by atoms with van der Waals surface area (Å²) in [6, 6.07) is 0. The molecule has 0 aromatic carbocycles. The third-order valence-electron chi connectivity index (χ3n) is 2.20. The van der Waals surface area contributed by atoms with Crippen LogP contribution in [0, 0.1) is 5.41 Å². The summed E-state index contributed by atoms with van der Waals surface area (Å²) in [5, 5.41) is 0. The molecule has 1 fully saturated rings. The molecule has 2 aliphatic rings. The van der Waals surface area contributed by atoms with Gasteiger partial charge >= 0.3 is 0 Å². The average molecular weight is 209 g/mol. The Labute approximate surface area is 93.3 Å². The Hall–Kier alpha value is -0.790. The van der Waals surface area contributed by atoms with Gasteiger partial charge in [-0.3, -0.25) is 4.79 Å². The normalized spacial score (nSPS) is 20.4. The summed E-state index contributed by atoms with van der Waals surface area (Å²) < 4.78 is 0. The fraction of sp³-hybridized carbons (Fsp3) is 0.769. The molecule has 2 nitrogen and oxygen atoms in total. The first-order chi connectivity index (χ1) is 6.88. The molecule has 0 unspecified atom stereocenters. The van der Waals surface area contributed by atoms with Gasteiger partial charge < -0.3 is 4.90 Å². The molecular formula is C13H23NO. The Kier molecular flexibility index (Phi) is 3.95. The first-order valence-electron chi connectivity index (χ1n) is 5.87. The number of hydrogen-bond donors (Lipinski definition) is 0. The minimum atomic E-state index is 0.329. The zero-order valence-corrected chi connectivity index (χ0v) is 10.5. The van der Waals surface area contributed by atoms with Crippen molar-refractivity contribution in [2.75, 3.05) is 6.54 Å². The zero-order chi connectivity index (χ0) is 11.5. The van der Waals surface area contributed by atoms with Crippen molar-refractivity contribution in [2.45, 2.75) is 53.4 Å². The second-order valence-electron chi connectivity index (χ2n) is 5.88. The molecule has 2 aliphatic heterocycles. The van der Waals surface area contributed by atoms with E-state index in [1.54, 1.807) is 0 Å². The van der Waals surface area contributed by atoms with Gasteiger partial charge in [-0.1, -0.05) is 33.8 Å². The van der Waals surface area contributed by atoms with Crippen molar-refractivity contribution in [1.82, 2.24) is 4.90 Å². The molecule has 86 valence electrons. The molecule has 2 heteroatoms. The summed E-state index contributed by atoms with van der Waals surface area (Å²) >= 11 is 0. The van der Waals surface area contributed by atoms with Gasteiger partial charge in [-0.15, -0.1) is 0 Å². The number of allylic oxidation sites excluding steroid dienone is 2. The van der Waals surface area contributed by atoms with Gasteiger partial charge in [-0.2, -0.15) is 0 Å². The topological polar surface area (TPSA) is 20.3 Å². The van der Waals surface area contributed by atoms with Crippen molar-refractivity contribution in [2.24, 2.45) is 5.41 Å². The average Bonchev–Trinajstić information content (AvgIpc) is 2.49. The van der Waals surface area contributed by atoms with Crippen LogP contribution in [0.3, 0.4) is 0 Å². The van der Waals surface area contributed by atoms with Crippen LogP contribution in [0.25, 0.3) is 0 Å². The number of nitrogens with zero attached hydrogens (tertiary/aromatic N) is 1. The van der Waals surface area contributed by atoms with Gasteiger partial charge in [-0.05, 0) is 24.7 Å². The summed E-state index contributed by atoms with van der Waals surface area (Å²) in [6.45, 7) is 9.71. The van der Waals surface area contributed by atoms with E-state index in [-0.39, 0.29) is 0 Å². The summed E-state index contributed by atoms with van der Waals surface area (Å²) in [5.41, 5.74) is 1.77. The van der Waals surface area contributed by atoms with Crippen molar-refractivity contribution < 1.29 is 4.79 Å².